The Kier molecular flexibility index (Phi) is 6.17. The summed E-state index contributed by atoms with van der Waals surface area (Å²) in [4.78, 5) is 21.9. The molecule has 34 heavy (non-hydrogen) atoms. The summed E-state index contributed by atoms with van der Waals surface area (Å²) in [6, 6.07) is 22.2. The van der Waals surface area contributed by atoms with Crippen molar-refractivity contribution in [3.8, 4) is 22.3 Å². The fourth-order valence-corrected chi connectivity index (χ4v) is 4.89. The highest BCUT2D eigenvalue weighted by Gasteiger charge is 2.30. The van der Waals surface area contributed by atoms with Crippen LogP contribution in [0.3, 0.4) is 0 Å². The van der Waals surface area contributed by atoms with Crippen LogP contribution in [0, 0.1) is 20.2 Å². The average molecular weight is 474 g/mol. The first-order valence-corrected chi connectivity index (χ1v) is 11.1. The number of nitrogen functional groups attached to an aromatic ring is 2. The molecule has 0 aliphatic rings. The van der Waals surface area contributed by atoms with E-state index in [1.54, 1.807) is 60.7 Å². The molecule has 0 fully saturated rings. The van der Waals surface area contributed by atoms with Gasteiger partial charge in [0.15, 0.2) is 9.79 Å². The highest BCUT2D eigenvalue weighted by atomic mass is 32.2. The molecule has 0 aliphatic heterocycles. The third kappa shape index (κ3) is 4.27. The third-order valence-electron chi connectivity index (χ3n) is 5.24. The van der Waals surface area contributed by atoms with Gasteiger partial charge in [-0.25, -0.2) is 0 Å². The van der Waals surface area contributed by atoms with Crippen LogP contribution in [0.2, 0.25) is 0 Å². The molecule has 0 aromatic heterocycles. The van der Waals surface area contributed by atoms with Crippen LogP contribution in [0.15, 0.2) is 94.7 Å². The van der Waals surface area contributed by atoms with Gasteiger partial charge in [0.1, 0.15) is 0 Å². The summed E-state index contributed by atoms with van der Waals surface area (Å²) >= 11 is -2.15. The Morgan fingerprint density at radius 2 is 0.971 bits per heavy atom. The van der Waals surface area contributed by atoms with Crippen LogP contribution in [0.4, 0.5) is 22.7 Å². The molecule has 170 valence electrons. The number of anilines is 2. The summed E-state index contributed by atoms with van der Waals surface area (Å²) in [7, 11) is 0. The summed E-state index contributed by atoms with van der Waals surface area (Å²) < 4.78 is 13.7. The molecule has 4 N–H and O–H groups in total. The lowest BCUT2D eigenvalue weighted by molar-refractivity contribution is -0.385. The van der Waals surface area contributed by atoms with E-state index in [-0.39, 0.29) is 32.5 Å². The van der Waals surface area contributed by atoms with Gasteiger partial charge in [0.2, 0.25) is 0 Å². The average Bonchev–Trinajstić information content (AvgIpc) is 2.84. The highest BCUT2D eigenvalue weighted by molar-refractivity contribution is 7.91. The predicted octanol–water partition coefficient (Wildman–Crippen LogP) is 5.17. The van der Waals surface area contributed by atoms with Gasteiger partial charge in [-0.2, -0.15) is 0 Å². The molecule has 0 saturated heterocycles. The number of hydrogen-bond donors (Lipinski definition) is 2. The van der Waals surface area contributed by atoms with Crippen molar-refractivity contribution in [1.29, 1.82) is 0 Å². The molecule has 9 nitrogen and oxygen atoms in total. The number of nitrogens with zero attached hydrogens (tertiary/aromatic N) is 2. The van der Waals surface area contributed by atoms with Crippen molar-refractivity contribution in [2.24, 2.45) is 0 Å². The van der Waals surface area contributed by atoms with Crippen LogP contribution in [0.1, 0.15) is 0 Å². The maximum atomic E-state index is 13.7. The molecular weight excluding hydrogens is 456 g/mol. The number of non-ortho nitro benzene ring substituents is 2. The van der Waals surface area contributed by atoms with E-state index in [1.165, 1.54) is 12.1 Å². The van der Waals surface area contributed by atoms with E-state index in [1.807, 2.05) is 0 Å². The lowest BCUT2D eigenvalue weighted by Crippen LogP contribution is -2.11. The monoisotopic (exact) mass is 474 g/mol. The number of rotatable bonds is 6. The molecule has 0 unspecified atom stereocenters. The van der Waals surface area contributed by atoms with Gasteiger partial charge in [0.25, 0.3) is 11.4 Å². The zero-order valence-electron chi connectivity index (χ0n) is 17.6. The molecule has 0 heterocycles. The Bertz CT molecular complexity index is 1290. The zero-order chi connectivity index (χ0) is 24.4. The van der Waals surface area contributed by atoms with Crippen LogP contribution in [0.25, 0.3) is 22.3 Å². The van der Waals surface area contributed by atoms with Gasteiger partial charge in [0, 0.05) is 34.4 Å². The first-order valence-electron chi connectivity index (χ1n) is 9.96. The van der Waals surface area contributed by atoms with Crippen LogP contribution in [0.5, 0.6) is 0 Å². The normalized spacial score (nSPS) is 10.9. The fraction of sp³-hybridized carbons (Fsp3) is 0. The van der Waals surface area contributed by atoms with E-state index < -0.39 is 21.0 Å². The zero-order valence-corrected chi connectivity index (χ0v) is 18.4. The summed E-state index contributed by atoms with van der Waals surface area (Å²) in [6.45, 7) is 0. The molecule has 4 aromatic carbocycles. The smallest absolute Gasteiger partial charge is 0.275 e. The van der Waals surface area contributed by atoms with E-state index >= 15 is 0 Å². The van der Waals surface area contributed by atoms with Gasteiger partial charge in [-0.1, -0.05) is 60.7 Å². The molecule has 0 spiro atoms. The van der Waals surface area contributed by atoms with E-state index in [4.69, 9.17) is 11.5 Å². The van der Waals surface area contributed by atoms with Crippen LogP contribution < -0.4 is 11.5 Å². The first kappa shape index (κ1) is 22.8. The van der Waals surface area contributed by atoms with Gasteiger partial charge >= 0.3 is 0 Å². The van der Waals surface area contributed by atoms with Crippen molar-refractivity contribution in [2.75, 3.05) is 11.5 Å². The molecule has 10 heteroatoms. The number of benzene rings is 4. The van der Waals surface area contributed by atoms with Crippen molar-refractivity contribution < 1.29 is 14.4 Å². The number of nitrogens with two attached hydrogens (primary N) is 2. The second-order valence-electron chi connectivity index (χ2n) is 7.33. The lowest BCUT2D eigenvalue weighted by atomic mass is 10.0. The maximum Gasteiger partial charge on any atom is 0.275 e. The molecule has 0 radical (unpaired) electrons. The summed E-state index contributed by atoms with van der Waals surface area (Å²) in [5.41, 5.74) is 14.0. The van der Waals surface area contributed by atoms with Crippen molar-refractivity contribution in [2.45, 2.75) is 9.79 Å². The number of nitro groups is 2. The van der Waals surface area contributed by atoms with Gasteiger partial charge in [-0.3, -0.25) is 20.2 Å². The lowest BCUT2D eigenvalue weighted by Gasteiger charge is -2.17. The topological polar surface area (TPSA) is 161 Å². The highest BCUT2D eigenvalue weighted by Crippen LogP contribution is 2.42. The Balaban J connectivity index is 1.95. The van der Waals surface area contributed by atoms with Crippen molar-refractivity contribution in [3.63, 3.8) is 0 Å². The largest absolute Gasteiger partial charge is 0.606 e. The first-order chi connectivity index (χ1) is 16.3. The molecule has 0 aliphatic carbocycles. The molecular formula is C24H18N4O5S. The number of nitro benzene ring substituents is 2. The second-order valence-corrected chi connectivity index (χ2v) is 8.74. The quantitative estimate of drug-likeness (QED) is 0.169. The molecule has 0 saturated carbocycles. The van der Waals surface area contributed by atoms with Gasteiger partial charge < -0.3 is 16.0 Å². The van der Waals surface area contributed by atoms with E-state index in [0.29, 0.717) is 22.3 Å². The maximum absolute atomic E-state index is 13.7. The minimum atomic E-state index is -2.15. The van der Waals surface area contributed by atoms with Crippen molar-refractivity contribution >= 4 is 33.9 Å². The standard InChI is InChI=1S/C24H18N4O5S/c25-23-19(15-7-3-1-4-8-15)11-17(27(29)30)13-21(23)34(33)22-14-18(28(31)32)12-20(24(22)26)16-9-5-2-6-10-16/h1-14H,25-26H2. The Morgan fingerprint density at radius 1 is 0.618 bits per heavy atom. The Labute approximate surface area is 197 Å². The Hall–Kier alpha value is -4.41. The minimum absolute atomic E-state index is 0.0562. The fourth-order valence-electron chi connectivity index (χ4n) is 3.57. The van der Waals surface area contributed by atoms with Crippen molar-refractivity contribution in [1.82, 2.24) is 0 Å². The van der Waals surface area contributed by atoms with E-state index in [9.17, 15) is 24.8 Å². The van der Waals surface area contributed by atoms with Crippen molar-refractivity contribution in [3.05, 3.63) is 105 Å². The van der Waals surface area contributed by atoms with Gasteiger partial charge in [-0.05, 0) is 11.1 Å². The molecule has 0 bridgehead atoms. The van der Waals surface area contributed by atoms with E-state index in [0.717, 1.165) is 12.1 Å². The summed E-state index contributed by atoms with van der Waals surface area (Å²) in [5, 5.41) is 23.2. The van der Waals surface area contributed by atoms with E-state index in [2.05, 4.69) is 0 Å². The summed E-state index contributed by atoms with van der Waals surface area (Å²) in [6.07, 6.45) is 0. The Morgan fingerprint density at radius 3 is 1.29 bits per heavy atom. The SMILES string of the molecule is Nc1c(-c2ccccc2)cc([N+](=O)[O-])cc1[S+]([O-])c1cc([N+](=O)[O-])cc(-c2ccccc2)c1N. The second kappa shape index (κ2) is 9.22. The van der Waals surface area contributed by atoms with Crippen LogP contribution in [-0.4, -0.2) is 14.4 Å². The molecule has 4 rings (SSSR count). The minimum Gasteiger partial charge on any atom is -0.606 e. The predicted molar refractivity (Wildman–Crippen MR) is 131 cm³/mol. The van der Waals surface area contributed by atoms with Gasteiger partial charge in [0.05, 0.1) is 33.4 Å². The molecule has 4 aromatic rings. The van der Waals surface area contributed by atoms with Crippen LogP contribution in [-0.2, 0) is 11.2 Å². The summed E-state index contributed by atoms with van der Waals surface area (Å²) in [5.74, 6) is 0. The number of hydrogen-bond acceptors (Lipinski definition) is 7. The van der Waals surface area contributed by atoms with Gasteiger partial charge in [-0.15, -0.1) is 0 Å². The molecule has 0 amide bonds. The molecule has 0 atom stereocenters. The van der Waals surface area contributed by atoms with Crippen LogP contribution >= 0.6 is 0 Å². The third-order valence-corrected chi connectivity index (χ3v) is 6.72.